The van der Waals surface area contributed by atoms with Gasteiger partial charge in [0.05, 0.1) is 0 Å². The number of carbonyl (C=O) groups excluding carboxylic acids is 1. The van der Waals surface area contributed by atoms with Crippen LogP contribution in [0.25, 0.3) is 0 Å². The fourth-order valence-corrected chi connectivity index (χ4v) is 2.17. The lowest BCUT2D eigenvalue weighted by atomic mass is 10.1. The van der Waals surface area contributed by atoms with Crippen molar-refractivity contribution in [3.05, 3.63) is 23.9 Å². The molecule has 0 unspecified atom stereocenters. The maximum atomic E-state index is 11.6. The number of nitrogens with zero attached hydrogens (tertiary/aromatic N) is 2. The number of alkyl carbamates (subject to hydrolysis) is 1. The molecule has 0 saturated carbocycles. The Labute approximate surface area is 134 Å². The van der Waals surface area contributed by atoms with Crippen LogP contribution >= 0.6 is 0 Å². The van der Waals surface area contributed by atoms with E-state index in [-0.39, 0.29) is 6.09 Å². The third-order valence-electron chi connectivity index (χ3n) is 3.27. The Balaban J connectivity index is 2.41. The second-order valence-electron chi connectivity index (χ2n) is 6.20. The SMILES string of the molecule is CCN(CC)C1=NC=CC(CCNC(=O)OC(C)(C)C)=CC1. The first-order valence-corrected chi connectivity index (χ1v) is 7.99. The standard InChI is InChI=1S/C17H29N3O2/c1-6-20(7-2)15-9-8-14(10-12-18-15)11-13-19-16(21)22-17(3,4)5/h8,10,12H,6-7,9,11,13H2,1-5H3,(H,19,21). The summed E-state index contributed by atoms with van der Waals surface area (Å²) in [5.74, 6) is 1.09. The predicted molar refractivity (Wildman–Crippen MR) is 91.0 cm³/mol. The largest absolute Gasteiger partial charge is 0.444 e. The van der Waals surface area contributed by atoms with E-state index < -0.39 is 5.60 Å². The van der Waals surface area contributed by atoms with E-state index in [4.69, 9.17) is 4.74 Å². The van der Waals surface area contributed by atoms with E-state index in [1.807, 2.05) is 33.0 Å². The van der Waals surface area contributed by atoms with Gasteiger partial charge < -0.3 is 15.0 Å². The summed E-state index contributed by atoms with van der Waals surface area (Å²) in [6, 6.07) is 0. The van der Waals surface area contributed by atoms with Crippen LogP contribution in [0.3, 0.4) is 0 Å². The van der Waals surface area contributed by atoms with Gasteiger partial charge in [-0.05, 0) is 52.7 Å². The molecule has 0 aromatic rings. The van der Waals surface area contributed by atoms with Crippen LogP contribution in [0.4, 0.5) is 4.79 Å². The molecule has 5 nitrogen and oxygen atoms in total. The van der Waals surface area contributed by atoms with Crippen molar-refractivity contribution >= 4 is 11.9 Å². The van der Waals surface area contributed by atoms with Crippen molar-refractivity contribution in [2.24, 2.45) is 4.99 Å². The Morgan fingerprint density at radius 2 is 2.05 bits per heavy atom. The summed E-state index contributed by atoms with van der Waals surface area (Å²) in [5, 5.41) is 2.78. The monoisotopic (exact) mass is 307 g/mol. The van der Waals surface area contributed by atoms with Gasteiger partial charge >= 0.3 is 6.09 Å². The molecule has 22 heavy (non-hydrogen) atoms. The van der Waals surface area contributed by atoms with Gasteiger partial charge in [0.15, 0.2) is 0 Å². The summed E-state index contributed by atoms with van der Waals surface area (Å²) in [4.78, 5) is 18.3. The summed E-state index contributed by atoms with van der Waals surface area (Å²) in [5.41, 5.74) is 0.722. The lowest BCUT2D eigenvalue weighted by Crippen LogP contribution is -2.33. The number of rotatable bonds is 5. The van der Waals surface area contributed by atoms with Crippen molar-refractivity contribution in [2.75, 3.05) is 19.6 Å². The van der Waals surface area contributed by atoms with Crippen LogP contribution in [-0.4, -0.2) is 42.1 Å². The summed E-state index contributed by atoms with van der Waals surface area (Å²) in [6.45, 7) is 12.3. The van der Waals surface area contributed by atoms with Gasteiger partial charge in [-0.1, -0.05) is 6.08 Å². The maximum Gasteiger partial charge on any atom is 0.407 e. The first kappa shape index (κ1) is 18.3. The number of carbonyl (C=O) groups is 1. The van der Waals surface area contributed by atoms with Crippen LogP contribution in [0, 0.1) is 0 Å². The summed E-state index contributed by atoms with van der Waals surface area (Å²) in [6.07, 6.45) is 7.27. The minimum atomic E-state index is -0.460. The highest BCUT2D eigenvalue weighted by atomic mass is 16.6. The molecule has 0 bridgehead atoms. The average Bonchev–Trinajstić information content (AvgIpc) is 2.64. The van der Waals surface area contributed by atoms with Gasteiger partial charge in [-0.3, -0.25) is 0 Å². The number of nitrogens with one attached hydrogen (secondary N) is 1. The van der Waals surface area contributed by atoms with Gasteiger partial charge in [-0.2, -0.15) is 0 Å². The average molecular weight is 307 g/mol. The zero-order valence-electron chi connectivity index (χ0n) is 14.5. The molecule has 124 valence electrons. The maximum absolute atomic E-state index is 11.6. The quantitative estimate of drug-likeness (QED) is 0.846. The van der Waals surface area contributed by atoms with Crippen LogP contribution in [-0.2, 0) is 4.74 Å². The van der Waals surface area contributed by atoms with Crippen LogP contribution in [0.2, 0.25) is 0 Å². The second-order valence-corrected chi connectivity index (χ2v) is 6.20. The van der Waals surface area contributed by atoms with Crippen LogP contribution in [0.5, 0.6) is 0 Å². The molecule has 0 radical (unpaired) electrons. The van der Waals surface area contributed by atoms with Crippen molar-refractivity contribution in [3.8, 4) is 0 Å². The highest BCUT2D eigenvalue weighted by molar-refractivity contribution is 5.84. The van der Waals surface area contributed by atoms with E-state index in [1.165, 1.54) is 5.57 Å². The number of amides is 1. The third kappa shape index (κ3) is 6.78. The van der Waals surface area contributed by atoms with Crippen LogP contribution in [0.15, 0.2) is 28.9 Å². The number of hydrogen-bond donors (Lipinski definition) is 1. The van der Waals surface area contributed by atoms with Gasteiger partial charge in [0.2, 0.25) is 0 Å². The Hall–Kier alpha value is -1.78. The molecule has 5 heteroatoms. The van der Waals surface area contributed by atoms with Crippen LogP contribution < -0.4 is 5.32 Å². The lowest BCUT2D eigenvalue weighted by molar-refractivity contribution is 0.0528. The van der Waals surface area contributed by atoms with Crippen molar-refractivity contribution in [2.45, 2.75) is 53.1 Å². The fourth-order valence-electron chi connectivity index (χ4n) is 2.17. The van der Waals surface area contributed by atoms with Gasteiger partial charge in [-0.25, -0.2) is 9.79 Å². The van der Waals surface area contributed by atoms with E-state index in [9.17, 15) is 4.79 Å². The molecule has 1 rings (SSSR count). The molecule has 0 aromatic heterocycles. The van der Waals surface area contributed by atoms with Crippen molar-refractivity contribution in [1.29, 1.82) is 0 Å². The number of allylic oxidation sites excluding steroid dienone is 1. The van der Waals surface area contributed by atoms with Gasteiger partial charge in [0.25, 0.3) is 0 Å². The molecule has 1 heterocycles. The van der Waals surface area contributed by atoms with Crippen molar-refractivity contribution in [3.63, 3.8) is 0 Å². The zero-order chi connectivity index (χ0) is 16.6. The topological polar surface area (TPSA) is 53.9 Å². The first-order chi connectivity index (χ1) is 10.4. The normalized spacial score (nSPS) is 14.8. The molecule has 1 N–H and O–H groups in total. The number of amidine groups is 1. The third-order valence-corrected chi connectivity index (χ3v) is 3.27. The van der Waals surface area contributed by atoms with E-state index in [0.717, 1.165) is 31.8 Å². The van der Waals surface area contributed by atoms with E-state index >= 15 is 0 Å². The van der Waals surface area contributed by atoms with Gasteiger partial charge in [0, 0.05) is 32.3 Å². The molecular formula is C17H29N3O2. The molecule has 1 aliphatic heterocycles. The zero-order valence-corrected chi connectivity index (χ0v) is 14.5. The second kappa shape index (κ2) is 8.61. The minimum Gasteiger partial charge on any atom is -0.444 e. The molecule has 1 amide bonds. The molecule has 0 spiro atoms. The van der Waals surface area contributed by atoms with E-state index in [1.54, 1.807) is 0 Å². The summed E-state index contributed by atoms with van der Waals surface area (Å²) < 4.78 is 5.21. The smallest absolute Gasteiger partial charge is 0.407 e. The van der Waals surface area contributed by atoms with E-state index in [2.05, 4.69) is 35.1 Å². The van der Waals surface area contributed by atoms with Crippen molar-refractivity contribution in [1.82, 2.24) is 10.2 Å². The highest BCUT2D eigenvalue weighted by Gasteiger charge is 2.15. The molecule has 1 aliphatic rings. The predicted octanol–water partition coefficient (Wildman–Crippen LogP) is 3.49. The molecule has 0 fully saturated rings. The number of hydrogen-bond acceptors (Lipinski definition) is 4. The Kier molecular flexibility index (Phi) is 7.15. The minimum absolute atomic E-state index is 0.370. The molecule has 0 atom stereocenters. The lowest BCUT2D eigenvalue weighted by Gasteiger charge is -2.21. The molecular weight excluding hydrogens is 278 g/mol. The number of aliphatic imine (C=N–C) groups is 1. The fraction of sp³-hybridized carbons (Fsp3) is 0.647. The Bertz CT molecular complexity index is 455. The summed E-state index contributed by atoms with van der Waals surface area (Å²) in [7, 11) is 0. The molecule has 0 saturated heterocycles. The Morgan fingerprint density at radius 1 is 1.36 bits per heavy atom. The van der Waals surface area contributed by atoms with Crippen LogP contribution in [0.1, 0.15) is 47.5 Å². The molecule has 0 aliphatic carbocycles. The summed E-state index contributed by atoms with van der Waals surface area (Å²) >= 11 is 0. The molecule has 0 aromatic carbocycles. The van der Waals surface area contributed by atoms with E-state index in [0.29, 0.717) is 6.54 Å². The number of ether oxygens (including phenoxy) is 1. The van der Waals surface area contributed by atoms with Gasteiger partial charge in [-0.15, -0.1) is 0 Å². The highest BCUT2D eigenvalue weighted by Crippen LogP contribution is 2.12. The Morgan fingerprint density at radius 3 is 2.64 bits per heavy atom. The van der Waals surface area contributed by atoms with Gasteiger partial charge in [0.1, 0.15) is 11.4 Å². The first-order valence-electron chi connectivity index (χ1n) is 7.99. The van der Waals surface area contributed by atoms with Crippen molar-refractivity contribution < 1.29 is 9.53 Å².